The van der Waals surface area contributed by atoms with Crippen molar-refractivity contribution >= 4 is 17.5 Å². The molecule has 28 heavy (non-hydrogen) atoms. The Balaban J connectivity index is 1.41. The van der Waals surface area contributed by atoms with Gasteiger partial charge in [0.1, 0.15) is 0 Å². The molecule has 1 aromatic carbocycles. The van der Waals surface area contributed by atoms with Gasteiger partial charge in [-0.3, -0.25) is 9.59 Å². The van der Waals surface area contributed by atoms with E-state index < -0.39 is 0 Å². The standard InChI is InChI=1S/C24H34N2O2/c1-23(2)13-20-14-24(3,15-23)16-26(20)22(28)18-9-11-19(12-10-18)25-21(27)17-7-5-4-6-8-17/h9-12,17,20H,4-8,13-16H2,1-3H3,(H,25,27). The molecule has 4 nitrogen and oxygen atoms in total. The maximum atomic E-state index is 13.2. The Hall–Kier alpha value is -1.84. The first-order chi connectivity index (χ1) is 13.2. The van der Waals surface area contributed by atoms with E-state index in [9.17, 15) is 9.59 Å². The molecule has 152 valence electrons. The van der Waals surface area contributed by atoms with Crippen molar-refractivity contribution in [2.45, 2.75) is 78.2 Å². The number of hydrogen-bond donors (Lipinski definition) is 1. The Morgan fingerprint density at radius 1 is 1.00 bits per heavy atom. The van der Waals surface area contributed by atoms with Crippen molar-refractivity contribution in [1.82, 2.24) is 4.90 Å². The van der Waals surface area contributed by atoms with Gasteiger partial charge in [0.15, 0.2) is 0 Å². The van der Waals surface area contributed by atoms with E-state index in [0.717, 1.165) is 56.3 Å². The fraction of sp³-hybridized carbons (Fsp3) is 0.667. The van der Waals surface area contributed by atoms with E-state index >= 15 is 0 Å². The molecule has 2 saturated carbocycles. The number of rotatable bonds is 3. The number of carbonyl (C=O) groups is 2. The Labute approximate surface area is 169 Å². The van der Waals surface area contributed by atoms with E-state index in [0.29, 0.717) is 11.5 Å². The molecule has 1 N–H and O–H groups in total. The average molecular weight is 383 g/mol. The highest BCUT2D eigenvalue weighted by molar-refractivity contribution is 5.96. The fourth-order valence-electron chi connectivity index (χ4n) is 6.17. The zero-order valence-electron chi connectivity index (χ0n) is 17.6. The molecule has 1 aliphatic heterocycles. The number of hydrogen-bond acceptors (Lipinski definition) is 2. The smallest absolute Gasteiger partial charge is 0.254 e. The summed E-state index contributed by atoms with van der Waals surface area (Å²) in [6, 6.07) is 7.85. The van der Waals surface area contributed by atoms with Crippen LogP contribution >= 0.6 is 0 Å². The Kier molecular flexibility index (Phi) is 5.01. The normalized spacial score (nSPS) is 29.5. The molecule has 1 heterocycles. The van der Waals surface area contributed by atoms with E-state index in [1.54, 1.807) is 0 Å². The summed E-state index contributed by atoms with van der Waals surface area (Å²) in [5.41, 5.74) is 2.07. The van der Waals surface area contributed by atoms with Crippen molar-refractivity contribution in [3.05, 3.63) is 29.8 Å². The van der Waals surface area contributed by atoms with Gasteiger partial charge in [-0.05, 0) is 67.2 Å². The molecule has 0 radical (unpaired) electrons. The van der Waals surface area contributed by atoms with Crippen molar-refractivity contribution < 1.29 is 9.59 Å². The monoisotopic (exact) mass is 382 g/mol. The zero-order chi connectivity index (χ0) is 19.9. The van der Waals surface area contributed by atoms with Gasteiger partial charge in [0, 0.05) is 29.8 Å². The van der Waals surface area contributed by atoms with Crippen molar-refractivity contribution in [2.24, 2.45) is 16.7 Å². The van der Waals surface area contributed by atoms with E-state index in [-0.39, 0.29) is 23.1 Å². The summed E-state index contributed by atoms with van der Waals surface area (Å²) in [4.78, 5) is 27.7. The number of anilines is 1. The second kappa shape index (κ2) is 7.20. The highest BCUT2D eigenvalue weighted by Crippen LogP contribution is 2.52. The number of amides is 2. The summed E-state index contributed by atoms with van der Waals surface area (Å²) in [5, 5.41) is 3.04. The predicted molar refractivity (Wildman–Crippen MR) is 112 cm³/mol. The molecule has 3 fully saturated rings. The lowest BCUT2D eigenvalue weighted by Crippen LogP contribution is -2.37. The molecule has 0 spiro atoms. The lowest BCUT2D eigenvalue weighted by atomic mass is 9.65. The molecule has 2 aliphatic carbocycles. The molecular formula is C24H34N2O2. The molecule has 1 aromatic rings. The van der Waals surface area contributed by atoms with E-state index in [1.807, 2.05) is 24.3 Å². The first-order valence-corrected chi connectivity index (χ1v) is 11.0. The minimum atomic E-state index is 0.127. The van der Waals surface area contributed by atoms with Gasteiger partial charge >= 0.3 is 0 Å². The summed E-state index contributed by atoms with van der Waals surface area (Å²) in [5.74, 6) is 0.405. The van der Waals surface area contributed by atoms with Gasteiger partial charge in [-0.15, -0.1) is 0 Å². The topological polar surface area (TPSA) is 49.4 Å². The Bertz CT molecular complexity index is 748. The second-order valence-corrected chi connectivity index (χ2v) is 10.5. The molecule has 2 atom stereocenters. The van der Waals surface area contributed by atoms with Gasteiger partial charge in [0.25, 0.3) is 5.91 Å². The summed E-state index contributed by atoms with van der Waals surface area (Å²) in [7, 11) is 0. The number of nitrogens with zero attached hydrogens (tertiary/aromatic N) is 1. The minimum Gasteiger partial charge on any atom is -0.335 e. The van der Waals surface area contributed by atoms with Gasteiger partial charge < -0.3 is 10.2 Å². The maximum Gasteiger partial charge on any atom is 0.254 e. The molecule has 3 aliphatic rings. The molecule has 4 rings (SSSR count). The first-order valence-electron chi connectivity index (χ1n) is 11.0. The van der Waals surface area contributed by atoms with Gasteiger partial charge in [-0.1, -0.05) is 40.0 Å². The third-order valence-corrected chi connectivity index (χ3v) is 7.05. The van der Waals surface area contributed by atoms with Gasteiger partial charge in [-0.2, -0.15) is 0 Å². The fourth-order valence-corrected chi connectivity index (χ4v) is 6.17. The van der Waals surface area contributed by atoms with Crippen LogP contribution in [-0.4, -0.2) is 29.3 Å². The van der Waals surface area contributed by atoms with Crippen LogP contribution in [0.2, 0.25) is 0 Å². The third kappa shape index (κ3) is 3.97. The Morgan fingerprint density at radius 3 is 2.36 bits per heavy atom. The van der Waals surface area contributed by atoms with E-state index in [2.05, 4.69) is 31.0 Å². The van der Waals surface area contributed by atoms with Crippen LogP contribution in [0.25, 0.3) is 0 Å². The van der Waals surface area contributed by atoms with Crippen LogP contribution in [0.3, 0.4) is 0 Å². The van der Waals surface area contributed by atoms with Crippen LogP contribution in [0.5, 0.6) is 0 Å². The van der Waals surface area contributed by atoms with Crippen LogP contribution in [0.4, 0.5) is 5.69 Å². The summed E-state index contributed by atoms with van der Waals surface area (Å²) in [6.07, 6.45) is 8.93. The van der Waals surface area contributed by atoms with Crippen LogP contribution in [0.15, 0.2) is 24.3 Å². The number of likely N-dealkylation sites (tertiary alicyclic amines) is 1. The largest absolute Gasteiger partial charge is 0.335 e. The zero-order valence-corrected chi connectivity index (χ0v) is 17.6. The van der Waals surface area contributed by atoms with Crippen molar-refractivity contribution in [2.75, 3.05) is 11.9 Å². The van der Waals surface area contributed by atoms with Crippen LogP contribution in [0.1, 0.15) is 82.5 Å². The number of benzene rings is 1. The molecule has 2 bridgehead atoms. The van der Waals surface area contributed by atoms with Crippen LogP contribution < -0.4 is 5.32 Å². The van der Waals surface area contributed by atoms with Crippen molar-refractivity contribution in [1.29, 1.82) is 0 Å². The molecule has 2 amide bonds. The van der Waals surface area contributed by atoms with Crippen LogP contribution in [0, 0.1) is 16.7 Å². The molecule has 0 aromatic heterocycles. The number of carbonyl (C=O) groups excluding carboxylic acids is 2. The lowest BCUT2D eigenvalue weighted by molar-refractivity contribution is -0.120. The minimum absolute atomic E-state index is 0.127. The quantitative estimate of drug-likeness (QED) is 0.776. The summed E-state index contributed by atoms with van der Waals surface area (Å²) >= 11 is 0. The second-order valence-electron chi connectivity index (χ2n) is 10.5. The van der Waals surface area contributed by atoms with E-state index in [1.165, 1.54) is 12.8 Å². The van der Waals surface area contributed by atoms with Crippen LogP contribution in [-0.2, 0) is 4.79 Å². The molecular weight excluding hydrogens is 348 g/mol. The lowest BCUT2D eigenvalue weighted by Gasteiger charge is -2.39. The highest BCUT2D eigenvalue weighted by Gasteiger charge is 2.51. The van der Waals surface area contributed by atoms with Gasteiger partial charge in [0.05, 0.1) is 0 Å². The number of nitrogens with one attached hydrogen (secondary N) is 1. The summed E-state index contributed by atoms with van der Waals surface area (Å²) < 4.78 is 0. The average Bonchev–Trinajstić information content (AvgIpc) is 2.91. The van der Waals surface area contributed by atoms with E-state index in [4.69, 9.17) is 0 Å². The Morgan fingerprint density at radius 2 is 1.68 bits per heavy atom. The van der Waals surface area contributed by atoms with Gasteiger partial charge in [-0.25, -0.2) is 0 Å². The van der Waals surface area contributed by atoms with Crippen molar-refractivity contribution in [3.63, 3.8) is 0 Å². The molecule has 1 saturated heterocycles. The van der Waals surface area contributed by atoms with Crippen molar-refractivity contribution in [3.8, 4) is 0 Å². The third-order valence-electron chi connectivity index (χ3n) is 7.05. The highest BCUT2D eigenvalue weighted by atomic mass is 16.2. The SMILES string of the molecule is CC1(C)CC2CC(C)(CN2C(=O)c2ccc(NC(=O)C3CCCCC3)cc2)C1. The number of fused-ring (bicyclic) bond motifs is 2. The maximum absolute atomic E-state index is 13.2. The predicted octanol–water partition coefficient (Wildman–Crippen LogP) is 5.25. The first kappa shape index (κ1) is 19.5. The molecule has 2 unspecified atom stereocenters. The van der Waals surface area contributed by atoms with Gasteiger partial charge in [0.2, 0.25) is 5.91 Å². The summed E-state index contributed by atoms with van der Waals surface area (Å²) in [6.45, 7) is 7.85. The molecule has 4 heteroatoms.